The SMILES string of the molecule is CC(C)C(c1cccs1)N1CC(CN)CCC1C. The second-order valence-electron chi connectivity index (χ2n) is 5.93. The fourth-order valence-corrected chi connectivity index (χ4v) is 4.15. The van der Waals surface area contributed by atoms with Crippen molar-refractivity contribution < 1.29 is 0 Å². The van der Waals surface area contributed by atoms with Gasteiger partial charge in [0.1, 0.15) is 0 Å². The van der Waals surface area contributed by atoms with Gasteiger partial charge in [0.15, 0.2) is 0 Å². The Morgan fingerprint density at radius 2 is 2.22 bits per heavy atom. The van der Waals surface area contributed by atoms with Gasteiger partial charge in [0.2, 0.25) is 0 Å². The molecule has 0 spiro atoms. The molecule has 0 bridgehead atoms. The van der Waals surface area contributed by atoms with Gasteiger partial charge in [-0.1, -0.05) is 19.9 Å². The van der Waals surface area contributed by atoms with Crippen molar-refractivity contribution in [3.05, 3.63) is 22.4 Å². The van der Waals surface area contributed by atoms with Gasteiger partial charge in [-0.2, -0.15) is 0 Å². The Kier molecular flexibility index (Phi) is 4.82. The minimum Gasteiger partial charge on any atom is -0.330 e. The van der Waals surface area contributed by atoms with Gasteiger partial charge in [0.05, 0.1) is 0 Å². The Labute approximate surface area is 115 Å². The van der Waals surface area contributed by atoms with Crippen molar-refractivity contribution in [3.8, 4) is 0 Å². The van der Waals surface area contributed by atoms with E-state index in [-0.39, 0.29) is 0 Å². The minimum atomic E-state index is 0.564. The summed E-state index contributed by atoms with van der Waals surface area (Å²) >= 11 is 1.89. The molecule has 0 saturated carbocycles. The van der Waals surface area contributed by atoms with Crippen LogP contribution in [0.1, 0.15) is 44.5 Å². The second kappa shape index (κ2) is 6.18. The lowest BCUT2D eigenvalue weighted by Gasteiger charge is -2.44. The first-order chi connectivity index (χ1) is 8.63. The van der Waals surface area contributed by atoms with Crippen molar-refractivity contribution in [2.45, 2.75) is 45.7 Å². The molecule has 2 rings (SSSR count). The molecule has 3 unspecified atom stereocenters. The van der Waals surface area contributed by atoms with E-state index in [0.717, 1.165) is 6.54 Å². The van der Waals surface area contributed by atoms with E-state index in [4.69, 9.17) is 5.73 Å². The molecule has 2 heterocycles. The lowest BCUT2D eigenvalue weighted by atomic mass is 9.89. The van der Waals surface area contributed by atoms with E-state index >= 15 is 0 Å². The van der Waals surface area contributed by atoms with Crippen LogP contribution in [0.5, 0.6) is 0 Å². The van der Waals surface area contributed by atoms with Crippen LogP contribution >= 0.6 is 11.3 Å². The van der Waals surface area contributed by atoms with Gasteiger partial charge in [0, 0.05) is 23.5 Å². The summed E-state index contributed by atoms with van der Waals surface area (Å²) in [7, 11) is 0. The lowest BCUT2D eigenvalue weighted by Crippen LogP contribution is -2.46. The maximum absolute atomic E-state index is 5.88. The standard InChI is InChI=1S/C15H26N2S/c1-11(2)15(14-5-4-8-18-14)17-10-13(9-16)7-6-12(17)3/h4-5,8,11-13,15H,6-7,9-10,16H2,1-3H3. The highest BCUT2D eigenvalue weighted by Gasteiger charge is 2.32. The molecule has 1 aromatic heterocycles. The van der Waals surface area contributed by atoms with Crippen LogP contribution in [-0.2, 0) is 0 Å². The van der Waals surface area contributed by atoms with Crippen LogP contribution in [0.3, 0.4) is 0 Å². The number of rotatable bonds is 4. The Balaban J connectivity index is 2.19. The predicted octanol–water partition coefficient (Wildman–Crippen LogP) is 3.50. The van der Waals surface area contributed by atoms with Gasteiger partial charge in [-0.25, -0.2) is 0 Å². The summed E-state index contributed by atoms with van der Waals surface area (Å²) in [5.74, 6) is 1.34. The van der Waals surface area contributed by atoms with Crippen molar-refractivity contribution in [2.75, 3.05) is 13.1 Å². The highest BCUT2D eigenvalue weighted by atomic mass is 32.1. The van der Waals surface area contributed by atoms with Crippen molar-refractivity contribution in [2.24, 2.45) is 17.6 Å². The lowest BCUT2D eigenvalue weighted by molar-refractivity contribution is 0.0529. The summed E-state index contributed by atoms with van der Waals surface area (Å²) in [5, 5.41) is 2.19. The number of nitrogens with two attached hydrogens (primary N) is 1. The molecular formula is C15H26N2S. The molecule has 3 atom stereocenters. The molecule has 0 amide bonds. The van der Waals surface area contributed by atoms with E-state index in [9.17, 15) is 0 Å². The Morgan fingerprint density at radius 1 is 1.44 bits per heavy atom. The van der Waals surface area contributed by atoms with Crippen molar-refractivity contribution in [3.63, 3.8) is 0 Å². The van der Waals surface area contributed by atoms with E-state index in [1.54, 1.807) is 0 Å². The normalized spacial score (nSPS) is 27.6. The molecule has 2 nitrogen and oxygen atoms in total. The third-order valence-corrected chi connectivity index (χ3v) is 5.13. The van der Waals surface area contributed by atoms with E-state index in [1.165, 1.54) is 24.3 Å². The molecule has 1 aromatic rings. The number of nitrogens with zero attached hydrogens (tertiary/aromatic N) is 1. The summed E-state index contributed by atoms with van der Waals surface area (Å²) in [5.41, 5.74) is 5.88. The Bertz CT molecular complexity index is 347. The van der Waals surface area contributed by atoms with E-state index in [0.29, 0.717) is 23.9 Å². The smallest absolute Gasteiger partial charge is 0.0467 e. The maximum Gasteiger partial charge on any atom is 0.0467 e. The summed E-state index contributed by atoms with van der Waals surface area (Å²) in [6, 6.07) is 5.70. The molecule has 1 aliphatic heterocycles. The third-order valence-electron chi connectivity index (χ3n) is 4.18. The largest absolute Gasteiger partial charge is 0.330 e. The number of thiophene rings is 1. The molecule has 2 N–H and O–H groups in total. The number of hydrogen-bond donors (Lipinski definition) is 1. The molecule has 1 fully saturated rings. The van der Waals surface area contributed by atoms with Crippen LogP contribution in [0.4, 0.5) is 0 Å². The van der Waals surface area contributed by atoms with Gasteiger partial charge in [0.25, 0.3) is 0 Å². The van der Waals surface area contributed by atoms with Crippen LogP contribution in [-0.4, -0.2) is 24.0 Å². The maximum atomic E-state index is 5.88. The zero-order valence-electron chi connectivity index (χ0n) is 11.8. The van der Waals surface area contributed by atoms with Gasteiger partial charge in [-0.15, -0.1) is 11.3 Å². The second-order valence-corrected chi connectivity index (χ2v) is 6.91. The van der Waals surface area contributed by atoms with Gasteiger partial charge >= 0.3 is 0 Å². The zero-order chi connectivity index (χ0) is 13.1. The van der Waals surface area contributed by atoms with Crippen LogP contribution in [0.15, 0.2) is 17.5 Å². The van der Waals surface area contributed by atoms with Crippen molar-refractivity contribution in [1.29, 1.82) is 0 Å². The minimum absolute atomic E-state index is 0.564. The fourth-order valence-electron chi connectivity index (χ4n) is 3.13. The summed E-state index contributed by atoms with van der Waals surface area (Å²) < 4.78 is 0. The summed E-state index contributed by atoms with van der Waals surface area (Å²) in [4.78, 5) is 4.20. The van der Waals surface area contributed by atoms with E-state index in [2.05, 4.69) is 43.2 Å². The average Bonchev–Trinajstić information content (AvgIpc) is 2.85. The third kappa shape index (κ3) is 2.95. The molecule has 0 aromatic carbocycles. The van der Waals surface area contributed by atoms with Gasteiger partial charge in [-0.3, -0.25) is 4.90 Å². The number of likely N-dealkylation sites (tertiary alicyclic amines) is 1. The van der Waals surface area contributed by atoms with Crippen LogP contribution in [0.25, 0.3) is 0 Å². The zero-order valence-corrected chi connectivity index (χ0v) is 12.6. The first-order valence-electron chi connectivity index (χ1n) is 7.12. The first-order valence-corrected chi connectivity index (χ1v) is 8.00. The van der Waals surface area contributed by atoms with E-state index in [1.807, 2.05) is 11.3 Å². The van der Waals surface area contributed by atoms with Crippen LogP contribution in [0.2, 0.25) is 0 Å². The van der Waals surface area contributed by atoms with Crippen molar-refractivity contribution >= 4 is 11.3 Å². The molecule has 0 radical (unpaired) electrons. The first kappa shape index (κ1) is 14.0. The average molecular weight is 266 g/mol. The molecule has 1 aliphatic rings. The highest BCUT2D eigenvalue weighted by Crippen LogP contribution is 2.37. The molecule has 1 saturated heterocycles. The molecule has 3 heteroatoms. The predicted molar refractivity (Wildman–Crippen MR) is 79.8 cm³/mol. The van der Waals surface area contributed by atoms with Crippen LogP contribution in [0, 0.1) is 11.8 Å². The van der Waals surface area contributed by atoms with Gasteiger partial charge < -0.3 is 5.73 Å². The van der Waals surface area contributed by atoms with Gasteiger partial charge in [-0.05, 0) is 49.6 Å². The Hall–Kier alpha value is -0.380. The highest BCUT2D eigenvalue weighted by molar-refractivity contribution is 7.10. The summed E-state index contributed by atoms with van der Waals surface area (Å²) in [6.45, 7) is 9.04. The van der Waals surface area contributed by atoms with Crippen LogP contribution < -0.4 is 5.73 Å². The molecule has 18 heavy (non-hydrogen) atoms. The van der Waals surface area contributed by atoms with E-state index < -0.39 is 0 Å². The topological polar surface area (TPSA) is 29.3 Å². The number of piperidine rings is 1. The van der Waals surface area contributed by atoms with Crippen molar-refractivity contribution in [1.82, 2.24) is 4.90 Å². The summed E-state index contributed by atoms with van der Waals surface area (Å²) in [6.07, 6.45) is 2.58. The molecule has 0 aliphatic carbocycles. The monoisotopic (exact) mass is 266 g/mol. The Morgan fingerprint density at radius 3 is 2.78 bits per heavy atom. The quantitative estimate of drug-likeness (QED) is 0.903. The fraction of sp³-hybridized carbons (Fsp3) is 0.733. The molecular weight excluding hydrogens is 240 g/mol. The molecule has 102 valence electrons. The number of hydrogen-bond acceptors (Lipinski definition) is 3.